The third kappa shape index (κ3) is 4.94. The largest absolute Gasteiger partial charge is 0.462 e. The van der Waals surface area contributed by atoms with Gasteiger partial charge < -0.3 is 10.1 Å². The maximum Gasteiger partial charge on any atom is 0.340 e. The van der Waals surface area contributed by atoms with E-state index in [9.17, 15) is 9.59 Å². The van der Waals surface area contributed by atoms with Crippen molar-refractivity contribution >= 4 is 28.3 Å². The van der Waals surface area contributed by atoms with E-state index in [2.05, 4.69) is 52.7 Å². The second-order valence-corrected chi connectivity index (χ2v) is 7.97. The first-order valence-electron chi connectivity index (χ1n) is 10.9. The van der Waals surface area contributed by atoms with Gasteiger partial charge in [-0.05, 0) is 54.8 Å². The third-order valence-electron chi connectivity index (χ3n) is 5.83. The first kappa shape index (κ1) is 21.1. The molecule has 0 bridgehead atoms. The van der Waals surface area contributed by atoms with Crippen molar-refractivity contribution < 1.29 is 14.3 Å². The summed E-state index contributed by atoms with van der Waals surface area (Å²) < 4.78 is 5.12. The van der Waals surface area contributed by atoms with Gasteiger partial charge in [0, 0.05) is 13.1 Å². The first-order chi connectivity index (χ1) is 15.2. The fourth-order valence-electron chi connectivity index (χ4n) is 4.30. The Balaban J connectivity index is 1.44. The molecule has 0 radical (unpaired) electrons. The van der Waals surface area contributed by atoms with E-state index in [4.69, 9.17) is 4.74 Å². The van der Waals surface area contributed by atoms with Gasteiger partial charge in [0.15, 0.2) is 0 Å². The van der Waals surface area contributed by atoms with E-state index in [-0.39, 0.29) is 11.8 Å². The average molecular weight is 417 g/mol. The lowest BCUT2D eigenvalue weighted by Gasteiger charge is -2.32. The summed E-state index contributed by atoms with van der Waals surface area (Å²) in [6, 6.07) is 21.8. The molecule has 3 aromatic rings. The zero-order chi connectivity index (χ0) is 21.6. The molecule has 1 N–H and O–H groups in total. The Hall–Kier alpha value is -3.18. The van der Waals surface area contributed by atoms with Crippen LogP contribution in [0.5, 0.6) is 0 Å². The van der Waals surface area contributed by atoms with Crippen LogP contribution in [0.25, 0.3) is 10.8 Å². The maximum atomic E-state index is 13.0. The van der Waals surface area contributed by atoms with Gasteiger partial charge in [-0.1, -0.05) is 54.6 Å². The Labute approximate surface area is 183 Å². The molecule has 3 aromatic carbocycles. The topological polar surface area (TPSA) is 58.6 Å². The van der Waals surface area contributed by atoms with Crippen LogP contribution in [0, 0.1) is 5.92 Å². The number of nitrogens with zero attached hydrogens (tertiary/aromatic N) is 1. The molecule has 1 fully saturated rings. The van der Waals surface area contributed by atoms with Crippen molar-refractivity contribution in [3.8, 4) is 0 Å². The minimum absolute atomic E-state index is 0.0423. The lowest BCUT2D eigenvalue weighted by Crippen LogP contribution is -2.40. The predicted octanol–water partition coefficient (Wildman–Crippen LogP) is 4.87. The van der Waals surface area contributed by atoms with Gasteiger partial charge in [-0.15, -0.1) is 0 Å². The number of nitrogens with one attached hydrogen (secondary N) is 1. The number of likely N-dealkylation sites (tertiary alicyclic amines) is 1. The molecule has 5 heteroatoms. The van der Waals surface area contributed by atoms with Gasteiger partial charge >= 0.3 is 5.97 Å². The van der Waals surface area contributed by atoms with Crippen LogP contribution in [0.3, 0.4) is 0 Å². The molecule has 1 atom stereocenters. The number of benzene rings is 3. The number of piperidine rings is 1. The highest BCUT2D eigenvalue weighted by Crippen LogP contribution is 2.25. The lowest BCUT2D eigenvalue weighted by molar-refractivity contribution is -0.121. The number of esters is 1. The standard InChI is InChI=1S/C26H28N2O3/c1-2-31-26(30)23-14-5-6-15-24(23)27-25(29)21-12-8-16-28(18-21)17-20-11-7-10-19-9-3-4-13-22(19)20/h3-7,9-11,13-15,21H,2,8,12,16-18H2,1H3,(H,27,29). The Kier molecular flexibility index (Phi) is 6.63. The Morgan fingerprint density at radius 2 is 1.81 bits per heavy atom. The van der Waals surface area contributed by atoms with E-state index in [0.29, 0.717) is 24.4 Å². The summed E-state index contributed by atoms with van der Waals surface area (Å²) in [5.74, 6) is -0.571. The summed E-state index contributed by atoms with van der Waals surface area (Å²) >= 11 is 0. The molecule has 1 aliphatic rings. The Morgan fingerprint density at radius 3 is 2.68 bits per heavy atom. The molecule has 4 rings (SSSR count). The van der Waals surface area contributed by atoms with Crippen LogP contribution in [-0.4, -0.2) is 36.5 Å². The fraction of sp³-hybridized carbons (Fsp3) is 0.308. The normalized spacial score (nSPS) is 16.7. The number of rotatable bonds is 6. The second-order valence-electron chi connectivity index (χ2n) is 7.97. The van der Waals surface area contributed by atoms with Crippen molar-refractivity contribution in [3.05, 3.63) is 77.9 Å². The van der Waals surface area contributed by atoms with Gasteiger partial charge in [0.2, 0.25) is 5.91 Å². The summed E-state index contributed by atoms with van der Waals surface area (Å²) in [5, 5.41) is 5.47. The third-order valence-corrected chi connectivity index (χ3v) is 5.83. The molecule has 31 heavy (non-hydrogen) atoms. The first-order valence-corrected chi connectivity index (χ1v) is 10.9. The average Bonchev–Trinajstić information content (AvgIpc) is 2.80. The van der Waals surface area contributed by atoms with E-state index >= 15 is 0 Å². The molecule has 1 aliphatic heterocycles. The molecule has 160 valence electrons. The summed E-state index contributed by atoms with van der Waals surface area (Å²) in [7, 11) is 0. The molecular formula is C26H28N2O3. The van der Waals surface area contributed by atoms with Crippen LogP contribution < -0.4 is 5.32 Å². The molecule has 1 amide bonds. The number of fused-ring (bicyclic) bond motifs is 1. The summed E-state index contributed by atoms with van der Waals surface area (Å²) in [5.41, 5.74) is 2.19. The highest BCUT2D eigenvalue weighted by Gasteiger charge is 2.27. The van der Waals surface area contributed by atoms with Crippen LogP contribution in [0.4, 0.5) is 5.69 Å². The van der Waals surface area contributed by atoms with Crippen LogP contribution in [0.1, 0.15) is 35.7 Å². The quantitative estimate of drug-likeness (QED) is 0.583. The molecule has 0 spiro atoms. The molecule has 0 saturated carbocycles. The minimum atomic E-state index is -0.417. The number of para-hydroxylation sites is 1. The van der Waals surface area contributed by atoms with Gasteiger partial charge in [0.1, 0.15) is 0 Å². The molecule has 0 aromatic heterocycles. The van der Waals surface area contributed by atoms with Crippen molar-refractivity contribution in [1.82, 2.24) is 4.90 Å². The lowest BCUT2D eigenvalue weighted by atomic mass is 9.95. The van der Waals surface area contributed by atoms with E-state index in [1.165, 1.54) is 16.3 Å². The van der Waals surface area contributed by atoms with Crippen molar-refractivity contribution in [2.45, 2.75) is 26.3 Å². The monoisotopic (exact) mass is 416 g/mol. The van der Waals surface area contributed by atoms with Gasteiger partial charge in [0.05, 0.1) is 23.8 Å². The van der Waals surface area contributed by atoms with Crippen LogP contribution in [0.15, 0.2) is 66.7 Å². The molecule has 1 unspecified atom stereocenters. The second kappa shape index (κ2) is 9.75. The van der Waals surface area contributed by atoms with Crippen LogP contribution in [-0.2, 0) is 16.1 Å². The molecular weight excluding hydrogens is 388 g/mol. The number of hydrogen-bond acceptors (Lipinski definition) is 4. The molecule has 1 saturated heterocycles. The Bertz CT molecular complexity index is 1070. The SMILES string of the molecule is CCOC(=O)c1ccccc1NC(=O)C1CCCN(Cc2cccc3ccccc23)C1. The minimum Gasteiger partial charge on any atom is -0.462 e. The molecule has 5 nitrogen and oxygen atoms in total. The van der Waals surface area contributed by atoms with Gasteiger partial charge in [-0.2, -0.15) is 0 Å². The number of ether oxygens (including phenoxy) is 1. The molecule has 1 heterocycles. The van der Waals surface area contributed by atoms with Gasteiger partial charge in [-0.25, -0.2) is 4.79 Å². The van der Waals surface area contributed by atoms with E-state index in [1.54, 1.807) is 25.1 Å². The Morgan fingerprint density at radius 1 is 1.03 bits per heavy atom. The maximum absolute atomic E-state index is 13.0. The fourth-order valence-corrected chi connectivity index (χ4v) is 4.30. The predicted molar refractivity (Wildman–Crippen MR) is 123 cm³/mol. The van der Waals surface area contributed by atoms with Crippen LogP contribution in [0.2, 0.25) is 0 Å². The van der Waals surface area contributed by atoms with Gasteiger partial charge in [0.25, 0.3) is 0 Å². The van der Waals surface area contributed by atoms with E-state index < -0.39 is 5.97 Å². The van der Waals surface area contributed by atoms with Crippen molar-refractivity contribution in [2.75, 3.05) is 25.0 Å². The van der Waals surface area contributed by atoms with E-state index in [1.807, 2.05) is 6.07 Å². The van der Waals surface area contributed by atoms with Crippen molar-refractivity contribution in [1.29, 1.82) is 0 Å². The summed E-state index contributed by atoms with van der Waals surface area (Å²) in [6.45, 7) is 4.58. The number of carbonyl (C=O) groups excluding carboxylic acids is 2. The zero-order valence-corrected chi connectivity index (χ0v) is 17.8. The number of hydrogen-bond donors (Lipinski definition) is 1. The number of anilines is 1. The van der Waals surface area contributed by atoms with Crippen molar-refractivity contribution in [3.63, 3.8) is 0 Å². The van der Waals surface area contributed by atoms with E-state index in [0.717, 1.165) is 25.9 Å². The number of carbonyl (C=O) groups is 2. The van der Waals surface area contributed by atoms with Crippen molar-refractivity contribution in [2.24, 2.45) is 5.92 Å². The van der Waals surface area contributed by atoms with Crippen LogP contribution >= 0.6 is 0 Å². The zero-order valence-electron chi connectivity index (χ0n) is 17.8. The smallest absolute Gasteiger partial charge is 0.340 e. The highest BCUT2D eigenvalue weighted by molar-refractivity contribution is 6.02. The summed E-state index contributed by atoms with van der Waals surface area (Å²) in [4.78, 5) is 27.6. The van der Waals surface area contributed by atoms with Gasteiger partial charge in [-0.3, -0.25) is 9.69 Å². The molecule has 0 aliphatic carbocycles. The highest BCUT2D eigenvalue weighted by atomic mass is 16.5. The summed E-state index contributed by atoms with van der Waals surface area (Å²) in [6.07, 6.45) is 1.82. The number of amides is 1.